The Morgan fingerprint density at radius 3 is 2.29 bits per heavy atom. The van der Waals surface area contributed by atoms with Crippen molar-refractivity contribution in [3.05, 3.63) is 65.2 Å². The molecule has 9 nitrogen and oxygen atoms in total. The number of nitrogens with two attached hydrogens (primary N) is 1. The number of carbonyl (C=O) groups is 1. The van der Waals surface area contributed by atoms with Crippen LogP contribution in [0.3, 0.4) is 0 Å². The van der Waals surface area contributed by atoms with Crippen LogP contribution in [0.2, 0.25) is 0 Å². The number of benzene rings is 2. The third-order valence-corrected chi connectivity index (χ3v) is 5.62. The van der Waals surface area contributed by atoms with E-state index >= 15 is 0 Å². The zero-order chi connectivity index (χ0) is 22.8. The Morgan fingerprint density at radius 2 is 1.71 bits per heavy atom. The van der Waals surface area contributed by atoms with Crippen LogP contribution in [0.4, 0.5) is 10.1 Å². The average molecular weight is 446 g/mol. The lowest BCUT2D eigenvalue weighted by Gasteiger charge is -2.15. The van der Waals surface area contributed by atoms with Crippen LogP contribution in [-0.2, 0) is 10.0 Å². The van der Waals surface area contributed by atoms with Crippen LogP contribution >= 0.6 is 0 Å². The number of anilines is 1. The van der Waals surface area contributed by atoms with E-state index in [1.54, 1.807) is 19.9 Å². The van der Waals surface area contributed by atoms with Crippen molar-refractivity contribution in [1.29, 1.82) is 0 Å². The second-order valence-electron chi connectivity index (χ2n) is 6.42. The fourth-order valence-electron chi connectivity index (χ4n) is 2.74. The Labute approximate surface area is 178 Å². The van der Waals surface area contributed by atoms with Crippen molar-refractivity contribution < 1.29 is 27.1 Å². The third kappa shape index (κ3) is 4.72. The highest BCUT2D eigenvalue weighted by atomic mass is 32.2. The molecular formula is C20H19FN4O5S. The molecule has 3 N–H and O–H groups in total. The summed E-state index contributed by atoms with van der Waals surface area (Å²) < 4.78 is 52.3. The van der Waals surface area contributed by atoms with E-state index in [-0.39, 0.29) is 45.0 Å². The molecule has 3 aromatic rings. The van der Waals surface area contributed by atoms with Crippen molar-refractivity contribution in [3.8, 4) is 17.5 Å². The predicted octanol–water partition coefficient (Wildman–Crippen LogP) is 2.93. The molecule has 1 amide bonds. The number of hydrogen-bond acceptors (Lipinski definition) is 7. The molecular weight excluding hydrogens is 427 g/mol. The number of nitrogens with zero attached hydrogens (tertiary/aromatic N) is 2. The smallest absolute Gasteiger partial charge is 0.322 e. The summed E-state index contributed by atoms with van der Waals surface area (Å²) in [5.74, 6) is -1.33. The summed E-state index contributed by atoms with van der Waals surface area (Å²) in [5, 5.41) is 0. The number of halogens is 1. The van der Waals surface area contributed by atoms with Gasteiger partial charge in [0.15, 0.2) is 11.6 Å². The predicted molar refractivity (Wildman–Crippen MR) is 110 cm³/mol. The highest BCUT2D eigenvalue weighted by Gasteiger charge is 2.22. The minimum Gasteiger partial charge on any atom is -0.496 e. The number of para-hydroxylation sites is 1. The molecule has 1 aromatic heterocycles. The molecule has 0 aliphatic heterocycles. The molecule has 0 atom stereocenters. The fourth-order valence-corrected chi connectivity index (χ4v) is 3.95. The summed E-state index contributed by atoms with van der Waals surface area (Å²) in [6, 6.07) is 9.34. The van der Waals surface area contributed by atoms with Crippen LogP contribution in [-0.4, -0.2) is 31.4 Å². The zero-order valence-corrected chi connectivity index (χ0v) is 17.7. The molecule has 2 aromatic carbocycles. The highest BCUT2D eigenvalue weighted by molar-refractivity contribution is 7.92. The number of aromatic nitrogens is 2. The lowest BCUT2D eigenvalue weighted by molar-refractivity contribution is 0.0997. The van der Waals surface area contributed by atoms with Gasteiger partial charge in [-0.2, -0.15) is 9.97 Å². The molecule has 0 fully saturated rings. The Balaban J connectivity index is 1.92. The van der Waals surface area contributed by atoms with Crippen LogP contribution < -0.4 is 19.9 Å². The van der Waals surface area contributed by atoms with Gasteiger partial charge >= 0.3 is 6.01 Å². The molecule has 0 aliphatic carbocycles. The second-order valence-corrected chi connectivity index (χ2v) is 8.10. The maximum atomic E-state index is 13.8. The Kier molecular flexibility index (Phi) is 6.07. The molecule has 0 aliphatic rings. The summed E-state index contributed by atoms with van der Waals surface area (Å²) in [6.45, 7) is 3.09. The first kappa shape index (κ1) is 22.0. The van der Waals surface area contributed by atoms with Crippen molar-refractivity contribution in [3.63, 3.8) is 0 Å². The largest absolute Gasteiger partial charge is 0.496 e. The minimum atomic E-state index is -4.11. The quantitative estimate of drug-likeness (QED) is 0.570. The summed E-state index contributed by atoms with van der Waals surface area (Å²) in [4.78, 5) is 19.6. The molecule has 1 heterocycles. The summed E-state index contributed by atoms with van der Waals surface area (Å²) in [5.41, 5.74) is 5.85. The third-order valence-electron chi connectivity index (χ3n) is 4.27. The lowest BCUT2D eigenvalue weighted by atomic mass is 10.2. The Bertz CT molecular complexity index is 1240. The Hall–Kier alpha value is -3.73. The van der Waals surface area contributed by atoms with Crippen molar-refractivity contribution in [1.82, 2.24) is 9.97 Å². The van der Waals surface area contributed by atoms with Crippen LogP contribution in [0.1, 0.15) is 21.7 Å². The van der Waals surface area contributed by atoms with E-state index in [0.717, 1.165) is 6.07 Å². The topological polar surface area (TPSA) is 134 Å². The number of nitrogens with one attached hydrogen (secondary N) is 1. The first-order valence-electron chi connectivity index (χ1n) is 8.90. The van der Waals surface area contributed by atoms with E-state index in [1.807, 2.05) is 0 Å². The number of primary amides is 1. The SMILES string of the molecule is COc1ccc(S(=O)(=O)Nc2c(C)nc(Oc3ccccc3F)nc2C)cc1C(N)=O. The number of methoxy groups -OCH3 is 1. The van der Waals surface area contributed by atoms with Gasteiger partial charge in [-0.3, -0.25) is 9.52 Å². The first-order chi connectivity index (χ1) is 14.6. The molecule has 0 unspecified atom stereocenters. The van der Waals surface area contributed by atoms with E-state index in [1.165, 1.54) is 37.4 Å². The molecule has 31 heavy (non-hydrogen) atoms. The molecule has 0 saturated carbocycles. The van der Waals surface area contributed by atoms with E-state index < -0.39 is 21.7 Å². The van der Waals surface area contributed by atoms with Crippen LogP contribution in [0, 0.1) is 19.7 Å². The number of hydrogen-bond donors (Lipinski definition) is 2. The summed E-state index contributed by atoms with van der Waals surface area (Å²) in [6.07, 6.45) is 0. The number of aryl methyl sites for hydroxylation is 2. The van der Waals surface area contributed by atoms with Gasteiger partial charge < -0.3 is 15.2 Å². The molecule has 162 valence electrons. The lowest BCUT2D eigenvalue weighted by Crippen LogP contribution is -2.18. The molecule has 3 rings (SSSR count). The molecule has 0 bridgehead atoms. The summed E-state index contributed by atoms with van der Waals surface area (Å²) in [7, 11) is -2.78. The van der Waals surface area contributed by atoms with Crippen LogP contribution in [0.25, 0.3) is 0 Å². The van der Waals surface area contributed by atoms with Gasteiger partial charge in [-0.25, -0.2) is 12.8 Å². The van der Waals surface area contributed by atoms with Crippen molar-refractivity contribution in [2.75, 3.05) is 11.8 Å². The van der Waals surface area contributed by atoms with E-state index in [2.05, 4.69) is 14.7 Å². The Morgan fingerprint density at radius 1 is 1.06 bits per heavy atom. The first-order valence-corrected chi connectivity index (χ1v) is 10.4. The highest BCUT2D eigenvalue weighted by Crippen LogP contribution is 2.28. The van der Waals surface area contributed by atoms with Gasteiger partial charge in [-0.15, -0.1) is 0 Å². The van der Waals surface area contributed by atoms with E-state index in [0.29, 0.717) is 0 Å². The normalized spacial score (nSPS) is 11.1. The molecule has 11 heteroatoms. The maximum Gasteiger partial charge on any atom is 0.322 e. The monoisotopic (exact) mass is 446 g/mol. The number of carbonyl (C=O) groups excluding carboxylic acids is 1. The fraction of sp³-hybridized carbons (Fsp3) is 0.150. The van der Waals surface area contributed by atoms with Gasteiger partial charge in [-0.05, 0) is 44.2 Å². The van der Waals surface area contributed by atoms with Gasteiger partial charge in [0.25, 0.3) is 15.9 Å². The average Bonchev–Trinajstić information content (AvgIpc) is 2.72. The molecule has 0 saturated heterocycles. The second kappa shape index (κ2) is 8.56. The van der Waals surface area contributed by atoms with Crippen molar-refractivity contribution in [2.45, 2.75) is 18.7 Å². The van der Waals surface area contributed by atoms with Gasteiger partial charge in [0.05, 0.1) is 34.6 Å². The van der Waals surface area contributed by atoms with E-state index in [9.17, 15) is 17.6 Å². The summed E-state index contributed by atoms with van der Waals surface area (Å²) >= 11 is 0. The van der Waals surface area contributed by atoms with Gasteiger partial charge in [0, 0.05) is 0 Å². The van der Waals surface area contributed by atoms with Crippen molar-refractivity contribution >= 4 is 21.6 Å². The van der Waals surface area contributed by atoms with Crippen LogP contribution in [0.15, 0.2) is 47.4 Å². The van der Waals surface area contributed by atoms with Gasteiger partial charge in [-0.1, -0.05) is 12.1 Å². The van der Waals surface area contributed by atoms with Crippen molar-refractivity contribution in [2.24, 2.45) is 5.73 Å². The van der Waals surface area contributed by atoms with Crippen LogP contribution in [0.5, 0.6) is 17.5 Å². The number of ether oxygens (including phenoxy) is 2. The van der Waals surface area contributed by atoms with Gasteiger partial charge in [0.1, 0.15) is 5.75 Å². The molecule has 0 spiro atoms. The number of amides is 1. The van der Waals surface area contributed by atoms with E-state index in [4.69, 9.17) is 15.2 Å². The standard InChI is InChI=1S/C20H19FN4O5S/c1-11-18(12(2)24-20(23-11)30-17-7-5-4-6-15(17)21)25-31(27,28)13-8-9-16(29-3)14(10-13)19(22)26/h4-10,25H,1-3H3,(H2,22,26). The number of rotatable bonds is 7. The minimum absolute atomic E-state index is 0.0631. The number of sulfonamides is 1. The zero-order valence-electron chi connectivity index (χ0n) is 16.8. The van der Waals surface area contributed by atoms with Gasteiger partial charge in [0.2, 0.25) is 0 Å². The maximum absolute atomic E-state index is 13.8. The molecule has 0 radical (unpaired) electrons.